The maximum absolute atomic E-state index is 12.7. The molecule has 32 heavy (non-hydrogen) atoms. The van der Waals surface area contributed by atoms with E-state index in [9.17, 15) is 14.4 Å². The Kier molecular flexibility index (Phi) is 7.45. The monoisotopic (exact) mass is 440 g/mol. The summed E-state index contributed by atoms with van der Waals surface area (Å²) in [5.74, 6) is 0.0221. The molecule has 3 heterocycles. The average molecular weight is 441 g/mol. The number of carbonyl (C=O) groups excluding carboxylic acids is 3. The number of carbonyl (C=O) groups is 3. The average Bonchev–Trinajstić information content (AvgIpc) is 3.32. The van der Waals surface area contributed by atoms with Crippen LogP contribution in [0.15, 0.2) is 24.3 Å². The molecule has 0 saturated carbocycles. The normalized spacial score (nSPS) is 24.0. The first-order valence-corrected chi connectivity index (χ1v) is 12.3. The molecular weight excluding hydrogens is 404 g/mol. The molecule has 3 aliphatic rings. The van der Waals surface area contributed by atoms with Crippen molar-refractivity contribution in [2.75, 3.05) is 32.7 Å². The zero-order chi connectivity index (χ0) is 22.5. The SMILES string of the molecule is CC[C@H]1CCCCN1CCCNC(=O)c1ccc(CN2CC(=O)N3CCC[C@H]3C2=O)cc1. The molecule has 0 aromatic heterocycles. The molecule has 7 heteroatoms. The largest absolute Gasteiger partial charge is 0.352 e. The molecule has 1 N–H and O–H groups in total. The topological polar surface area (TPSA) is 73.0 Å². The van der Waals surface area contributed by atoms with E-state index < -0.39 is 0 Å². The summed E-state index contributed by atoms with van der Waals surface area (Å²) in [6.45, 7) is 6.41. The number of likely N-dealkylation sites (tertiary alicyclic amines) is 1. The molecule has 4 rings (SSSR count). The molecule has 0 radical (unpaired) electrons. The first-order valence-electron chi connectivity index (χ1n) is 12.3. The van der Waals surface area contributed by atoms with Gasteiger partial charge in [0.1, 0.15) is 12.6 Å². The Morgan fingerprint density at radius 1 is 1.06 bits per heavy atom. The molecule has 0 aliphatic carbocycles. The van der Waals surface area contributed by atoms with Gasteiger partial charge >= 0.3 is 0 Å². The van der Waals surface area contributed by atoms with Gasteiger partial charge < -0.3 is 20.0 Å². The van der Waals surface area contributed by atoms with E-state index in [4.69, 9.17) is 0 Å². The molecule has 1 aromatic carbocycles. The van der Waals surface area contributed by atoms with Crippen LogP contribution < -0.4 is 5.32 Å². The van der Waals surface area contributed by atoms with Crippen LogP contribution in [0.3, 0.4) is 0 Å². The maximum Gasteiger partial charge on any atom is 0.251 e. The van der Waals surface area contributed by atoms with Crippen LogP contribution in [-0.4, -0.2) is 77.2 Å². The lowest BCUT2D eigenvalue weighted by Gasteiger charge is -2.36. The van der Waals surface area contributed by atoms with E-state index in [0.717, 1.165) is 31.4 Å². The lowest BCUT2D eigenvalue weighted by atomic mass is 10.00. The minimum absolute atomic E-state index is 0.0397. The van der Waals surface area contributed by atoms with Gasteiger partial charge in [0, 0.05) is 37.8 Å². The van der Waals surface area contributed by atoms with E-state index in [1.54, 1.807) is 21.9 Å². The van der Waals surface area contributed by atoms with Gasteiger partial charge in [-0.05, 0) is 62.8 Å². The van der Waals surface area contributed by atoms with Crippen LogP contribution in [0.1, 0.15) is 67.8 Å². The number of nitrogens with zero attached hydrogens (tertiary/aromatic N) is 3. The lowest BCUT2D eigenvalue weighted by Crippen LogP contribution is -2.56. The van der Waals surface area contributed by atoms with Crippen molar-refractivity contribution < 1.29 is 14.4 Å². The highest BCUT2D eigenvalue weighted by Gasteiger charge is 2.41. The second kappa shape index (κ2) is 10.5. The van der Waals surface area contributed by atoms with Gasteiger partial charge in [-0.3, -0.25) is 14.4 Å². The van der Waals surface area contributed by atoms with E-state index in [1.165, 1.54) is 32.2 Å². The number of piperazine rings is 1. The smallest absolute Gasteiger partial charge is 0.251 e. The fourth-order valence-corrected chi connectivity index (χ4v) is 5.38. The molecule has 3 fully saturated rings. The van der Waals surface area contributed by atoms with Gasteiger partial charge in [-0.25, -0.2) is 0 Å². The summed E-state index contributed by atoms with van der Waals surface area (Å²) in [6, 6.07) is 7.80. The highest BCUT2D eigenvalue weighted by atomic mass is 16.2. The molecular formula is C25H36N4O3. The van der Waals surface area contributed by atoms with Gasteiger partial charge in [0.05, 0.1) is 0 Å². The zero-order valence-corrected chi connectivity index (χ0v) is 19.2. The molecule has 0 bridgehead atoms. The first-order chi connectivity index (χ1) is 15.6. The number of hydrogen-bond donors (Lipinski definition) is 1. The van der Waals surface area contributed by atoms with Gasteiger partial charge in [-0.1, -0.05) is 25.5 Å². The predicted octanol–water partition coefficient (Wildman–Crippen LogP) is 2.40. The van der Waals surface area contributed by atoms with Crippen LogP contribution in [0.4, 0.5) is 0 Å². The summed E-state index contributed by atoms with van der Waals surface area (Å²) in [6.07, 6.45) is 7.74. The van der Waals surface area contributed by atoms with Crippen molar-refractivity contribution in [3.8, 4) is 0 Å². The molecule has 7 nitrogen and oxygen atoms in total. The quantitative estimate of drug-likeness (QED) is 0.630. The summed E-state index contributed by atoms with van der Waals surface area (Å²) in [4.78, 5) is 43.4. The standard InChI is InChI=1S/C25H36N4O3/c1-2-21-7-3-4-14-27(21)15-6-13-26-24(31)20-11-9-19(10-12-20)17-28-18-23(30)29-16-5-8-22(29)25(28)32/h9-12,21-22H,2-8,13-18H2,1H3,(H,26,31)/t21-,22-/m0/s1. The fourth-order valence-electron chi connectivity index (χ4n) is 5.38. The molecule has 0 unspecified atom stereocenters. The Morgan fingerprint density at radius 2 is 1.88 bits per heavy atom. The third-order valence-electron chi connectivity index (χ3n) is 7.21. The van der Waals surface area contributed by atoms with Gasteiger partial charge in [0.2, 0.25) is 11.8 Å². The van der Waals surface area contributed by atoms with Crippen LogP contribution in [0.2, 0.25) is 0 Å². The number of rotatable bonds is 8. The molecule has 1 aromatic rings. The van der Waals surface area contributed by atoms with Crippen molar-refractivity contribution >= 4 is 17.7 Å². The summed E-state index contributed by atoms with van der Waals surface area (Å²) in [7, 11) is 0. The van der Waals surface area contributed by atoms with Crippen LogP contribution in [0.5, 0.6) is 0 Å². The summed E-state index contributed by atoms with van der Waals surface area (Å²) < 4.78 is 0. The molecule has 174 valence electrons. The van der Waals surface area contributed by atoms with Crippen LogP contribution in [0.25, 0.3) is 0 Å². The van der Waals surface area contributed by atoms with Gasteiger partial charge in [-0.2, -0.15) is 0 Å². The second-order valence-corrected chi connectivity index (χ2v) is 9.34. The second-order valence-electron chi connectivity index (χ2n) is 9.34. The summed E-state index contributed by atoms with van der Waals surface area (Å²) in [5, 5.41) is 3.03. The minimum Gasteiger partial charge on any atom is -0.352 e. The van der Waals surface area contributed by atoms with Crippen molar-refractivity contribution in [2.45, 2.75) is 70.5 Å². The van der Waals surface area contributed by atoms with Crippen molar-refractivity contribution in [3.63, 3.8) is 0 Å². The van der Waals surface area contributed by atoms with E-state index in [2.05, 4.69) is 17.1 Å². The van der Waals surface area contributed by atoms with Gasteiger partial charge in [0.25, 0.3) is 5.91 Å². The highest BCUT2D eigenvalue weighted by molar-refractivity contribution is 5.95. The van der Waals surface area contributed by atoms with Gasteiger partial charge in [-0.15, -0.1) is 0 Å². The number of nitrogens with one attached hydrogen (secondary N) is 1. The number of amides is 3. The Hall–Kier alpha value is -2.41. The molecule has 2 atom stereocenters. The Labute approximate surface area is 191 Å². The Balaban J connectivity index is 1.23. The molecule has 0 spiro atoms. The van der Waals surface area contributed by atoms with Crippen LogP contribution >= 0.6 is 0 Å². The fraction of sp³-hybridized carbons (Fsp3) is 0.640. The third-order valence-corrected chi connectivity index (χ3v) is 7.21. The van der Waals surface area contributed by atoms with Crippen molar-refractivity contribution in [1.29, 1.82) is 0 Å². The zero-order valence-electron chi connectivity index (χ0n) is 19.2. The van der Waals surface area contributed by atoms with Crippen molar-refractivity contribution in [1.82, 2.24) is 20.0 Å². The van der Waals surface area contributed by atoms with E-state index in [1.807, 2.05) is 12.1 Å². The van der Waals surface area contributed by atoms with E-state index >= 15 is 0 Å². The summed E-state index contributed by atoms with van der Waals surface area (Å²) in [5.41, 5.74) is 1.56. The van der Waals surface area contributed by atoms with E-state index in [0.29, 0.717) is 31.2 Å². The van der Waals surface area contributed by atoms with Crippen LogP contribution in [0, 0.1) is 0 Å². The molecule has 3 amide bonds. The number of hydrogen-bond acceptors (Lipinski definition) is 4. The van der Waals surface area contributed by atoms with E-state index in [-0.39, 0.29) is 30.3 Å². The Bertz CT molecular complexity index is 825. The number of fused-ring (bicyclic) bond motifs is 1. The number of piperidine rings is 1. The predicted molar refractivity (Wildman–Crippen MR) is 123 cm³/mol. The van der Waals surface area contributed by atoms with Gasteiger partial charge in [0.15, 0.2) is 0 Å². The van der Waals surface area contributed by atoms with Crippen molar-refractivity contribution in [2.24, 2.45) is 0 Å². The number of benzene rings is 1. The Morgan fingerprint density at radius 3 is 2.66 bits per heavy atom. The third kappa shape index (κ3) is 5.14. The first kappa shape index (κ1) is 22.8. The molecule has 3 aliphatic heterocycles. The highest BCUT2D eigenvalue weighted by Crippen LogP contribution is 2.25. The maximum atomic E-state index is 12.7. The summed E-state index contributed by atoms with van der Waals surface area (Å²) >= 11 is 0. The molecule has 3 saturated heterocycles. The van der Waals surface area contributed by atoms with Crippen LogP contribution in [-0.2, 0) is 16.1 Å². The van der Waals surface area contributed by atoms with Crippen molar-refractivity contribution in [3.05, 3.63) is 35.4 Å². The minimum atomic E-state index is -0.279. The lowest BCUT2D eigenvalue weighted by molar-refractivity contribution is -0.154.